The molecule has 0 saturated carbocycles. The number of anilines is 3. The Bertz CT molecular complexity index is 1510. The Labute approximate surface area is 243 Å². The van der Waals surface area contributed by atoms with Crippen LogP contribution in [0.2, 0.25) is 10.0 Å². The number of nitrogens with zero attached hydrogens (tertiary/aromatic N) is 7. The molecule has 0 aliphatic carbocycles. The third-order valence-electron chi connectivity index (χ3n) is 7.68. The fourth-order valence-corrected chi connectivity index (χ4v) is 6.36. The van der Waals surface area contributed by atoms with E-state index in [1.54, 1.807) is 24.8 Å². The zero-order valence-corrected chi connectivity index (χ0v) is 24.0. The van der Waals surface area contributed by atoms with Crippen LogP contribution in [0.25, 0.3) is 16.9 Å². The summed E-state index contributed by atoms with van der Waals surface area (Å²) in [5.41, 5.74) is 6.04. The van der Waals surface area contributed by atoms with E-state index in [-0.39, 0.29) is 12.5 Å². The van der Waals surface area contributed by atoms with Gasteiger partial charge in [-0.3, -0.25) is 19.2 Å². The van der Waals surface area contributed by atoms with Crippen molar-refractivity contribution in [3.8, 4) is 11.3 Å². The second-order valence-corrected chi connectivity index (χ2v) is 11.0. The van der Waals surface area contributed by atoms with Crippen LogP contribution in [0.15, 0.2) is 49.2 Å². The minimum Gasteiger partial charge on any atom is -0.371 e. The summed E-state index contributed by atoms with van der Waals surface area (Å²) in [5.74, 6) is 0.822. The third kappa shape index (κ3) is 5.15. The SMILES string of the molecule is CCCN1CCCc2cc(-c3nc4cnccn4c3NCC(=O)N3CCN(c4c(Cl)cncc4Cl)CC3)ccc21. The van der Waals surface area contributed by atoms with E-state index in [0.717, 1.165) is 60.8 Å². The largest absolute Gasteiger partial charge is 0.371 e. The van der Waals surface area contributed by atoms with Gasteiger partial charge in [0, 0.05) is 75.3 Å². The standard InChI is InChI=1S/C29H32Cl2N8O/c1-2-8-36-9-3-4-20-15-21(5-6-24(20)36)27-29(39-10-7-32-18-25(39)35-27)34-19-26(40)37-11-13-38(14-12-37)28-22(30)16-33-17-23(28)31/h5-7,10,15-18,34H,2-4,8-9,11-14,19H2,1H3. The highest BCUT2D eigenvalue weighted by Gasteiger charge is 2.25. The van der Waals surface area contributed by atoms with E-state index in [4.69, 9.17) is 28.2 Å². The molecule has 40 heavy (non-hydrogen) atoms. The molecule has 0 unspecified atom stereocenters. The van der Waals surface area contributed by atoms with Gasteiger partial charge < -0.3 is 20.0 Å². The average molecular weight is 580 g/mol. The molecule has 0 spiro atoms. The fourth-order valence-electron chi connectivity index (χ4n) is 5.76. The number of amides is 1. The molecule has 3 aromatic heterocycles. The van der Waals surface area contributed by atoms with Crippen molar-refractivity contribution in [1.29, 1.82) is 0 Å². The monoisotopic (exact) mass is 578 g/mol. The molecule has 0 bridgehead atoms. The van der Waals surface area contributed by atoms with Crippen molar-refractivity contribution in [1.82, 2.24) is 24.3 Å². The molecule has 1 N–H and O–H groups in total. The Morgan fingerprint density at radius 3 is 2.60 bits per heavy atom. The number of nitrogens with one attached hydrogen (secondary N) is 1. The van der Waals surface area contributed by atoms with Crippen LogP contribution in [-0.2, 0) is 11.2 Å². The predicted octanol–water partition coefficient (Wildman–Crippen LogP) is 5.02. The summed E-state index contributed by atoms with van der Waals surface area (Å²) in [6.45, 7) is 7.01. The van der Waals surface area contributed by atoms with E-state index in [9.17, 15) is 4.79 Å². The van der Waals surface area contributed by atoms with Crippen molar-refractivity contribution in [3.05, 3.63) is 64.8 Å². The van der Waals surface area contributed by atoms with Crippen molar-refractivity contribution < 1.29 is 4.79 Å². The number of aromatic nitrogens is 4. The van der Waals surface area contributed by atoms with Crippen molar-refractivity contribution in [2.75, 3.05) is 60.9 Å². The van der Waals surface area contributed by atoms with Crippen LogP contribution in [-0.4, -0.2) is 76.0 Å². The lowest BCUT2D eigenvalue weighted by molar-refractivity contribution is -0.129. The van der Waals surface area contributed by atoms with Gasteiger partial charge >= 0.3 is 0 Å². The summed E-state index contributed by atoms with van der Waals surface area (Å²) < 4.78 is 1.96. The lowest BCUT2D eigenvalue weighted by Crippen LogP contribution is -2.50. The quantitative estimate of drug-likeness (QED) is 0.329. The summed E-state index contributed by atoms with van der Waals surface area (Å²) in [6, 6.07) is 6.62. The number of hydrogen-bond acceptors (Lipinski definition) is 7. The number of carbonyl (C=O) groups excluding carboxylic acids is 1. The maximum absolute atomic E-state index is 13.3. The Kier molecular flexibility index (Phi) is 7.67. The van der Waals surface area contributed by atoms with E-state index < -0.39 is 0 Å². The molecule has 208 valence electrons. The molecule has 1 saturated heterocycles. The molecule has 0 radical (unpaired) electrons. The molecule has 1 aromatic carbocycles. The first-order valence-corrected chi connectivity index (χ1v) is 14.5. The van der Waals surface area contributed by atoms with Crippen molar-refractivity contribution in [2.45, 2.75) is 26.2 Å². The number of pyridine rings is 1. The highest BCUT2D eigenvalue weighted by Crippen LogP contribution is 2.35. The van der Waals surface area contributed by atoms with E-state index in [1.165, 1.54) is 11.3 Å². The molecule has 1 amide bonds. The van der Waals surface area contributed by atoms with E-state index in [2.05, 4.69) is 50.2 Å². The Morgan fingerprint density at radius 2 is 1.82 bits per heavy atom. The number of rotatable bonds is 7. The van der Waals surface area contributed by atoms with Gasteiger partial charge in [-0.15, -0.1) is 0 Å². The lowest BCUT2D eigenvalue weighted by Gasteiger charge is -2.36. The molecule has 5 heterocycles. The molecule has 1 fully saturated rings. The highest BCUT2D eigenvalue weighted by atomic mass is 35.5. The zero-order valence-electron chi connectivity index (χ0n) is 22.5. The number of piperazine rings is 1. The number of aryl methyl sites for hydroxylation is 1. The predicted molar refractivity (Wildman–Crippen MR) is 161 cm³/mol. The number of imidazole rings is 1. The number of halogens is 2. The molecular weight excluding hydrogens is 547 g/mol. The normalized spacial score (nSPS) is 15.4. The first-order valence-electron chi connectivity index (χ1n) is 13.8. The van der Waals surface area contributed by atoms with Crippen LogP contribution in [0.4, 0.5) is 17.2 Å². The third-order valence-corrected chi connectivity index (χ3v) is 8.23. The number of fused-ring (bicyclic) bond motifs is 2. The molecule has 2 aliphatic rings. The van der Waals surface area contributed by atoms with Gasteiger partial charge in [-0.25, -0.2) is 4.98 Å². The first kappa shape index (κ1) is 26.7. The van der Waals surface area contributed by atoms with E-state index in [1.807, 2.05) is 15.5 Å². The Morgan fingerprint density at radius 1 is 1.02 bits per heavy atom. The zero-order chi connectivity index (χ0) is 27.6. The average Bonchev–Trinajstić information content (AvgIpc) is 3.35. The minimum absolute atomic E-state index is 0.0298. The summed E-state index contributed by atoms with van der Waals surface area (Å²) in [7, 11) is 0. The number of benzene rings is 1. The summed E-state index contributed by atoms with van der Waals surface area (Å²) >= 11 is 12.7. The van der Waals surface area contributed by atoms with Gasteiger partial charge in [0.1, 0.15) is 11.5 Å². The van der Waals surface area contributed by atoms with E-state index in [0.29, 0.717) is 36.2 Å². The van der Waals surface area contributed by atoms with Gasteiger partial charge in [0.05, 0.1) is 28.5 Å². The molecule has 0 atom stereocenters. The maximum Gasteiger partial charge on any atom is 0.242 e. The van der Waals surface area contributed by atoms with Crippen LogP contribution in [0.1, 0.15) is 25.3 Å². The molecule has 11 heteroatoms. The van der Waals surface area contributed by atoms with Crippen LogP contribution < -0.4 is 15.1 Å². The molecule has 4 aromatic rings. The fraction of sp³-hybridized carbons (Fsp3) is 0.379. The van der Waals surface area contributed by atoms with Gasteiger partial charge in [0.25, 0.3) is 0 Å². The Balaban J connectivity index is 1.19. The minimum atomic E-state index is 0.0298. The molecule has 2 aliphatic heterocycles. The van der Waals surface area contributed by atoms with Crippen LogP contribution in [0, 0.1) is 0 Å². The van der Waals surface area contributed by atoms with E-state index >= 15 is 0 Å². The van der Waals surface area contributed by atoms with Crippen molar-refractivity contribution in [2.24, 2.45) is 0 Å². The second-order valence-electron chi connectivity index (χ2n) is 10.2. The smallest absolute Gasteiger partial charge is 0.242 e. The van der Waals surface area contributed by atoms with Gasteiger partial charge in [0.15, 0.2) is 5.65 Å². The summed E-state index contributed by atoms with van der Waals surface area (Å²) in [6.07, 6.45) is 11.9. The second kappa shape index (κ2) is 11.5. The number of carbonyl (C=O) groups is 1. The Hall–Kier alpha value is -3.56. The van der Waals surface area contributed by atoms with Gasteiger partial charge in [-0.1, -0.05) is 36.2 Å². The van der Waals surface area contributed by atoms with Crippen LogP contribution in [0.3, 0.4) is 0 Å². The molecule has 9 nitrogen and oxygen atoms in total. The van der Waals surface area contributed by atoms with Crippen LogP contribution >= 0.6 is 23.2 Å². The lowest BCUT2D eigenvalue weighted by atomic mass is 9.98. The van der Waals surface area contributed by atoms with Gasteiger partial charge in [-0.2, -0.15) is 0 Å². The number of hydrogen-bond donors (Lipinski definition) is 1. The maximum atomic E-state index is 13.3. The van der Waals surface area contributed by atoms with Crippen LogP contribution in [0.5, 0.6) is 0 Å². The van der Waals surface area contributed by atoms with Crippen molar-refractivity contribution in [3.63, 3.8) is 0 Å². The van der Waals surface area contributed by atoms with Gasteiger partial charge in [0.2, 0.25) is 5.91 Å². The molecular formula is C29H32Cl2N8O. The molecule has 6 rings (SSSR count). The summed E-state index contributed by atoms with van der Waals surface area (Å²) in [4.78, 5) is 32.9. The van der Waals surface area contributed by atoms with Gasteiger partial charge in [-0.05, 0) is 37.0 Å². The van der Waals surface area contributed by atoms with Crippen molar-refractivity contribution >= 4 is 51.9 Å². The summed E-state index contributed by atoms with van der Waals surface area (Å²) in [5, 5.41) is 4.44. The first-order chi connectivity index (χ1) is 19.5. The highest BCUT2D eigenvalue weighted by molar-refractivity contribution is 6.38. The topological polar surface area (TPSA) is 81.9 Å².